The van der Waals surface area contributed by atoms with Gasteiger partial charge in [-0.05, 0) is 47.0 Å². The molecule has 3 heteroatoms. The molecule has 3 N–H and O–H groups in total. The van der Waals surface area contributed by atoms with Crippen molar-refractivity contribution < 1.29 is 5.11 Å². The third-order valence-corrected chi connectivity index (χ3v) is 2.74. The molecule has 0 spiro atoms. The number of rotatable bonds is 1. The normalized spacial score (nSPS) is 13.1. The van der Waals surface area contributed by atoms with Gasteiger partial charge in [0.2, 0.25) is 0 Å². The maximum Gasteiger partial charge on any atom is 0.128 e. The van der Waals surface area contributed by atoms with Crippen molar-refractivity contribution in [3.8, 4) is 0 Å². The molecule has 15 heavy (non-hydrogen) atoms. The van der Waals surface area contributed by atoms with Crippen molar-refractivity contribution in [2.45, 2.75) is 13.2 Å². The van der Waals surface area contributed by atoms with E-state index in [1.165, 1.54) is 0 Å². The van der Waals surface area contributed by atoms with Crippen LogP contribution in [0.5, 0.6) is 0 Å². The van der Waals surface area contributed by atoms with Crippen LogP contribution in [0.25, 0.3) is 10.8 Å². The lowest BCUT2D eigenvalue weighted by Crippen LogP contribution is -2.10. The molecule has 0 aliphatic heterocycles. The zero-order valence-electron chi connectivity index (χ0n) is 8.37. The van der Waals surface area contributed by atoms with Crippen LogP contribution in [0, 0.1) is 6.92 Å². The minimum absolute atomic E-state index is 0.711. The first-order valence-corrected chi connectivity index (χ1v) is 5.09. The van der Waals surface area contributed by atoms with Crippen molar-refractivity contribution in [3.05, 3.63) is 46.5 Å². The first-order chi connectivity index (χ1) is 7.08. The molecule has 0 aromatic heterocycles. The van der Waals surface area contributed by atoms with Gasteiger partial charge in [0.05, 0.1) is 0 Å². The molecule has 0 aliphatic carbocycles. The molecule has 2 rings (SSSR count). The Morgan fingerprint density at radius 1 is 1.20 bits per heavy atom. The van der Waals surface area contributed by atoms with Gasteiger partial charge < -0.3 is 10.8 Å². The predicted molar refractivity (Wildman–Crippen MR) is 62.8 cm³/mol. The highest BCUT2D eigenvalue weighted by atomic mass is 35.5. The van der Waals surface area contributed by atoms with Gasteiger partial charge in [0, 0.05) is 5.02 Å². The molecule has 0 aliphatic rings. The van der Waals surface area contributed by atoms with Gasteiger partial charge in [0.15, 0.2) is 0 Å². The van der Waals surface area contributed by atoms with E-state index in [0.717, 1.165) is 21.9 Å². The molecule has 0 radical (unpaired) electrons. The van der Waals surface area contributed by atoms with E-state index < -0.39 is 6.23 Å². The molecule has 0 bridgehead atoms. The van der Waals surface area contributed by atoms with Crippen molar-refractivity contribution in [2.24, 2.45) is 5.73 Å². The lowest BCUT2D eigenvalue weighted by Gasteiger charge is -2.10. The summed E-state index contributed by atoms with van der Waals surface area (Å²) in [7, 11) is 0. The van der Waals surface area contributed by atoms with E-state index in [2.05, 4.69) is 0 Å². The van der Waals surface area contributed by atoms with Gasteiger partial charge in [0.1, 0.15) is 6.23 Å². The Labute approximate surface area is 93.3 Å². The van der Waals surface area contributed by atoms with Crippen LogP contribution in [0.4, 0.5) is 0 Å². The molecule has 2 aromatic carbocycles. The van der Waals surface area contributed by atoms with Gasteiger partial charge in [-0.1, -0.05) is 23.7 Å². The summed E-state index contributed by atoms with van der Waals surface area (Å²) in [5.41, 5.74) is 7.19. The lowest BCUT2D eigenvalue weighted by atomic mass is 10.0. The maximum atomic E-state index is 9.37. The second kappa shape index (κ2) is 3.81. The standard InChI is InChI=1S/C12H12ClNO/c1-7-4-9-5-10(13)3-2-8(9)6-11(7)12(14)15/h2-6,12,15H,14H2,1H3. The second-order valence-corrected chi connectivity index (χ2v) is 4.08. The van der Waals surface area contributed by atoms with Crippen LogP contribution in [0.15, 0.2) is 30.3 Å². The maximum absolute atomic E-state index is 9.37. The molecule has 1 unspecified atom stereocenters. The third kappa shape index (κ3) is 1.97. The van der Waals surface area contributed by atoms with Gasteiger partial charge in [-0.25, -0.2) is 0 Å². The molecule has 0 heterocycles. The zero-order chi connectivity index (χ0) is 11.0. The molecule has 0 amide bonds. The monoisotopic (exact) mass is 221 g/mol. The topological polar surface area (TPSA) is 46.2 Å². The minimum atomic E-state index is -0.926. The van der Waals surface area contributed by atoms with E-state index >= 15 is 0 Å². The van der Waals surface area contributed by atoms with Crippen LogP contribution in [0.1, 0.15) is 17.4 Å². The Kier molecular flexibility index (Phi) is 2.65. The van der Waals surface area contributed by atoms with Crippen molar-refractivity contribution >= 4 is 22.4 Å². The summed E-state index contributed by atoms with van der Waals surface area (Å²) in [5, 5.41) is 12.2. The van der Waals surface area contributed by atoms with Crippen LogP contribution in [0.2, 0.25) is 5.02 Å². The molecular weight excluding hydrogens is 210 g/mol. The van der Waals surface area contributed by atoms with Crippen LogP contribution < -0.4 is 5.73 Å². The summed E-state index contributed by atoms with van der Waals surface area (Å²) >= 11 is 5.90. The largest absolute Gasteiger partial charge is 0.375 e. The highest BCUT2D eigenvalue weighted by Gasteiger charge is 2.06. The van der Waals surface area contributed by atoms with E-state index in [9.17, 15) is 5.11 Å². The average Bonchev–Trinajstić information content (AvgIpc) is 2.15. The Balaban J connectivity index is 2.71. The van der Waals surface area contributed by atoms with Crippen LogP contribution in [0.3, 0.4) is 0 Å². The molecular formula is C12H12ClNO. The van der Waals surface area contributed by atoms with Crippen molar-refractivity contribution in [3.63, 3.8) is 0 Å². The smallest absolute Gasteiger partial charge is 0.128 e. The van der Waals surface area contributed by atoms with E-state index in [1.54, 1.807) is 0 Å². The number of aliphatic hydroxyl groups is 1. The highest BCUT2D eigenvalue weighted by molar-refractivity contribution is 6.31. The number of halogens is 1. The summed E-state index contributed by atoms with van der Waals surface area (Å²) in [6.45, 7) is 1.92. The number of fused-ring (bicyclic) bond motifs is 1. The van der Waals surface area contributed by atoms with Crippen molar-refractivity contribution in [2.75, 3.05) is 0 Å². The van der Waals surface area contributed by atoms with Gasteiger partial charge in [-0.3, -0.25) is 0 Å². The van der Waals surface area contributed by atoms with Crippen molar-refractivity contribution in [1.29, 1.82) is 0 Å². The van der Waals surface area contributed by atoms with Gasteiger partial charge in [-0.2, -0.15) is 0 Å². The fourth-order valence-corrected chi connectivity index (χ4v) is 1.90. The summed E-state index contributed by atoms with van der Waals surface area (Å²) in [6.07, 6.45) is -0.926. The summed E-state index contributed by atoms with van der Waals surface area (Å²) < 4.78 is 0. The van der Waals surface area contributed by atoms with E-state index in [0.29, 0.717) is 5.02 Å². The van der Waals surface area contributed by atoms with Crippen LogP contribution in [-0.2, 0) is 0 Å². The fraction of sp³-hybridized carbons (Fsp3) is 0.167. The second-order valence-electron chi connectivity index (χ2n) is 3.65. The summed E-state index contributed by atoms with van der Waals surface area (Å²) in [5.74, 6) is 0. The predicted octanol–water partition coefficient (Wildman–Crippen LogP) is 2.75. The summed E-state index contributed by atoms with van der Waals surface area (Å²) in [6, 6.07) is 9.52. The summed E-state index contributed by atoms with van der Waals surface area (Å²) in [4.78, 5) is 0. The molecule has 1 atom stereocenters. The Morgan fingerprint density at radius 2 is 1.93 bits per heavy atom. The Morgan fingerprint density at radius 3 is 2.60 bits per heavy atom. The van der Waals surface area contributed by atoms with Gasteiger partial charge in [-0.15, -0.1) is 0 Å². The number of aliphatic hydroxyl groups excluding tert-OH is 1. The fourth-order valence-electron chi connectivity index (χ4n) is 1.72. The van der Waals surface area contributed by atoms with E-state index in [-0.39, 0.29) is 0 Å². The number of hydrogen-bond donors (Lipinski definition) is 2. The number of nitrogens with two attached hydrogens (primary N) is 1. The molecule has 2 aromatic rings. The minimum Gasteiger partial charge on any atom is -0.375 e. The van der Waals surface area contributed by atoms with Crippen LogP contribution >= 0.6 is 11.6 Å². The Hall–Kier alpha value is -1.09. The number of aryl methyl sites for hydroxylation is 1. The first-order valence-electron chi connectivity index (χ1n) is 4.71. The molecule has 0 saturated heterocycles. The zero-order valence-corrected chi connectivity index (χ0v) is 9.12. The quantitative estimate of drug-likeness (QED) is 0.728. The van der Waals surface area contributed by atoms with E-state index in [4.69, 9.17) is 17.3 Å². The number of hydrogen-bond acceptors (Lipinski definition) is 2. The van der Waals surface area contributed by atoms with E-state index in [1.807, 2.05) is 37.3 Å². The third-order valence-electron chi connectivity index (χ3n) is 2.51. The highest BCUT2D eigenvalue weighted by Crippen LogP contribution is 2.25. The van der Waals surface area contributed by atoms with Crippen molar-refractivity contribution in [1.82, 2.24) is 0 Å². The Bertz CT molecular complexity index is 508. The number of benzene rings is 2. The van der Waals surface area contributed by atoms with Crippen LogP contribution in [-0.4, -0.2) is 5.11 Å². The average molecular weight is 222 g/mol. The van der Waals surface area contributed by atoms with Gasteiger partial charge >= 0.3 is 0 Å². The van der Waals surface area contributed by atoms with Gasteiger partial charge in [0.25, 0.3) is 0 Å². The molecule has 0 fully saturated rings. The molecule has 2 nitrogen and oxygen atoms in total. The molecule has 78 valence electrons. The SMILES string of the molecule is Cc1cc2cc(Cl)ccc2cc1C(N)O. The first kappa shape index (κ1) is 10.4. The molecule has 0 saturated carbocycles. The lowest BCUT2D eigenvalue weighted by molar-refractivity contribution is 0.185.